The van der Waals surface area contributed by atoms with Gasteiger partial charge in [0.05, 0.1) is 0 Å². The van der Waals surface area contributed by atoms with E-state index in [2.05, 4.69) is 51.5 Å². The fourth-order valence-electron chi connectivity index (χ4n) is 5.59. The van der Waals surface area contributed by atoms with Crippen molar-refractivity contribution in [3.63, 3.8) is 0 Å². The van der Waals surface area contributed by atoms with Crippen LogP contribution in [0.4, 0.5) is 4.79 Å². The van der Waals surface area contributed by atoms with Gasteiger partial charge in [0, 0.05) is 26.7 Å². The lowest BCUT2D eigenvalue weighted by Crippen LogP contribution is -2.29. The molecule has 2 aliphatic rings. The zero-order valence-electron chi connectivity index (χ0n) is 28.0. The van der Waals surface area contributed by atoms with Crippen molar-refractivity contribution >= 4 is 6.09 Å². The standard InChI is InChI=1S/C23H30N2O3.C15H24N2O/c1-24(23(26)28-19-21-7-3-2-4-8-21)16-13-20-9-11-22(12-10-20)27-18-17-25-14-5-6-15-25;1-16-9-8-14-4-6-15(7-5-14)18-13-12-17-10-2-3-11-17/h2-4,7-12H,5-6,13-19H2,1H3;4-7,16H,2-3,8-13H2,1H3. The second kappa shape index (κ2) is 20.5. The average molecular weight is 631 g/mol. The van der Waals surface area contributed by atoms with E-state index in [0.29, 0.717) is 13.2 Å². The summed E-state index contributed by atoms with van der Waals surface area (Å²) in [4.78, 5) is 18.6. The number of carbonyl (C=O) groups is 1. The van der Waals surface area contributed by atoms with Gasteiger partial charge in [-0.3, -0.25) is 9.80 Å². The molecule has 1 N–H and O–H groups in total. The van der Waals surface area contributed by atoms with Crippen LogP contribution in [0, 0.1) is 0 Å². The topological polar surface area (TPSA) is 66.5 Å². The van der Waals surface area contributed by atoms with Crippen molar-refractivity contribution in [2.75, 3.05) is 79.7 Å². The van der Waals surface area contributed by atoms with E-state index < -0.39 is 0 Å². The van der Waals surface area contributed by atoms with Crippen LogP contribution in [0.1, 0.15) is 42.4 Å². The molecular formula is C38H54N4O4. The summed E-state index contributed by atoms with van der Waals surface area (Å²) in [6, 6.07) is 26.3. The Kier molecular flexibility index (Phi) is 15.7. The number of likely N-dealkylation sites (N-methyl/N-ethyl adjacent to an activating group) is 2. The Morgan fingerprint density at radius 1 is 0.696 bits per heavy atom. The minimum atomic E-state index is -0.300. The van der Waals surface area contributed by atoms with E-state index in [1.165, 1.54) is 63.0 Å². The minimum absolute atomic E-state index is 0.299. The summed E-state index contributed by atoms with van der Waals surface area (Å²) in [6.07, 6.45) is 6.87. The Morgan fingerprint density at radius 2 is 1.20 bits per heavy atom. The number of nitrogens with one attached hydrogen (secondary N) is 1. The average Bonchev–Trinajstić information content (AvgIpc) is 3.82. The summed E-state index contributed by atoms with van der Waals surface area (Å²) in [7, 11) is 3.75. The maximum Gasteiger partial charge on any atom is 0.409 e. The lowest BCUT2D eigenvalue weighted by Gasteiger charge is -2.17. The maximum atomic E-state index is 12.1. The summed E-state index contributed by atoms with van der Waals surface area (Å²) in [5, 5.41) is 3.16. The van der Waals surface area contributed by atoms with Crippen molar-refractivity contribution in [2.24, 2.45) is 0 Å². The lowest BCUT2D eigenvalue weighted by atomic mass is 10.1. The molecule has 0 atom stereocenters. The second-order valence-electron chi connectivity index (χ2n) is 12.1. The summed E-state index contributed by atoms with van der Waals surface area (Å²) >= 11 is 0. The highest BCUT2D eigenvalue weighted by molar-refractivity contribution is 5.67. The molecule has 0 spiro atoms. The molecule has 0 unspecified atom stereocenters. The van der Waals surface area contributed by atoms with Gasteiger partial charge in [-0.05, 0) is 119 Å². The summed E-state index contributed by atoms with van der Waals surface area (Å²) in [6.45, 7) is 10.4. The van der Waals surface area contributed by atoms with Crippen LogP contribution in [-0.4, -0.2) is 100 Å². The number of carbonyl (C=O) groups excluding carboxylic acids is 1. The van der Waals surface area contributed by atoms with Gasteiger partial charge < -0.3 is 24.4 Å². The molecule has 2 saturated heterocycles. The molecule has 2 heterocycles. The van der Waals surface area contributed by atoms with Gasteiger partial charge in [0.15, 0.2) is 0 Å². The van der Waals surface area contributed by atoms with Crippen molar-refractivity contribution in [1.29, 1.82) is 0 Å². The molecule has 0 saturated carbocycles. The molecular weight excluding hydrogens is 576 g/mol. The van der Waals surface area contributed by atoms with Crippen LogP contribution in [0.15, 0.2) is 78.9 Å². The third-order valence-electron chi connectivity index (χ3n) is 8.51. The molecule has 0 aliphatic carbocycles. The zero-order chi connectivity index (χ0) is 32.2. The molecule has 46 heavy (non-hydrogen) atoms. The largest absolute Gasteiger partial charge is 0.492 e. The number of rotatable bonds is 16. The molecule has 3 aromatic carbocycles. The Balaban J connectivity index is 0.000000230. The Hall–Kier alpha value is -3.59. The molecule has 2 fully saturated rings. The van der Waals surface area contributed by atoms with E-state index in [1.54, 1.807) is 11.9 Å². The number of benzene rings is 3. The monoisotopic (exact) mass is 630 g/mol. The van der Waals surface area contributed by atoms with Gasteiger partial charge in [0.2, 0.25) is 0 Å². The highest BCUT2D eigenvalue weighted by Crippen LogP contribution is 2.15. The highest BCUT2D eigenvalue weighted by Gasteiger charge is 2.12. The predicted octanol–water partition coefficient (Wildman–Crippen LogP) is 5.90. The number of hydrogen-bond acceptors (Lipinski definition) is 7. The molecule has 2 aliphatic heterocycles. The van der Waals surface area contributed by atoms with Crippen LogP contribution in [-0.2, 0) is 24.2 Å². The fraction of sp³-hybridized carbons (Fsp3) is 0.500. The third-order valence-corrected chi connectivity index (χ3v) is 8.51. The molecule has 250 valence electrons. The van der Waals surface area contributed by atoms with Gasteiger partial charge in [0.25, 0.3) is 0 Å². The molecule has 8 nitrogen and oxygen atoms in total. The zero-order valence-corrected chi connectivity index (χ0v) is 28.0. The molecule has 3 aromatic rings. The SMILES string of the molecule is CN(CCc1ccc(OCCN2CCCC2)cc1)C(=O)OCc1ccccc1.CNCCc1ccc(OCCN2CCCC2)cc1. The van der Waals surface area contributed by atoms with Gasteiger partial charge in [-0.15, -0.1) is 0 Å². The number of amides is 1. The van der Waals surface area contributed by atoms with Crippen molar-refractivity contribution < 1.29 is 19.0 Å². The van der Waals surface area contributed by atoms with E-state index in [0.717, 1.165) is 62.8 Å². The first-order valence-electron chi connectivity index (χ1n) is 17.0. The van der Waals surface area contributed by atoms with E-state index >= 15 is 0 Å². The number of hydrogen-bond donors (Lipinski definition) is 1. The quantitative estimate of drug-likeness (QED) is 0.212. The van der Waals surface area contributed by atoms with Gasteiger partial charge in [0.1, 0.15) is 31.3 Å². The minimum Gasteiger partial charge on any atom is -0.492 e. The maximum absolute atomic E-state index is 12.1. The van der Waals surface area contributed by atoms with Crippen molar-refractivity contribution in [1.82, 2.24) is 20.0 Å². The van der Waals surface area contributed by atoms with Crippen LogP contribution < -0.4 is 14.8 Å². The number of nitrogens with zero attached hydrogens (tertiary/aromatic N) is 3. The van der Waals surface area contributed by atoms with Gasteiger partial charge in [-0.25, -0.2) is 4.79 Å². The van der Waals surface area contributed by atoms with E-state index in [4.69, 9.17) is 14.2 Å². The lowest BCUT2D eigenvalue weighted by molar-refractivity contribution is 0.105. The fourth-order valence-corrected chi connectivity index (χ4v) is 5.59. The molecule has 5 rings (SSSR count). The molecule has 0 radical (unpaired) electrons. The third kappa shape index (κ3) is 13.4. The van der Waals surface area contributed by atoms with Gasteiger partial charge in [-0.1, -0.05) is 54.6 Å². The van der Waals surface area contributed by atoms with Crippen molar-refractivity contribution in [3.05, 3.63) is 95.6 Å². The van der Waals surface area contributed by atoms with Crippen LogP contribution in [0.5, 0.6) is 11.5 Å². The number of likely N-dealkylation sites (tertiary alicyclic amines) is 2. The van der Waals surface area contributed by atoms with E-state index in [-0.39, 0.29) is 6.09 Å². The number of ether oxygens (including phenoxy) is 3. The van der Waals surface area contributed by atoms with Crippen molar-refractivity contribution in [2.45, 2.75) is 45.1 Å². The van der Waals surface area contributed by atoms with Crippen LogP contribution in [0.25, 0.3) is 0 Å². The summed E-state index contributed by atoms with van der Waals surface area (Å²) in [5.74, 6) is 1.89. The smallest absolute Gasteiger partial charge is 0.409 e. The molecule has 8 heteroatoms. The molecule has 1 amide bonds. The Morgan fingerprint density at radius 3 is 1.70 bits per heavy atom. The van der Waals surface area contributed by atoms with Crippen LogP contribution in [0.3, 0.4) is 0 Å². The van der Waals surface area contributed by atoms with Crippen LogP contribution >= 0.6 is 0 Å². The van der Waals surface area contributed by atoms with E-state index in [9.17, 15) is 4.79 Å². The normalized spacial score (nSPS) is 14.8. The second-order valence-corrected chi connectivity index (χ2v) is 12.1. The van der Waals surface area contributed by atoms with E-state index in [1.807, 2.05) is 49.5 Å². The summed E-state index contributed by atoms with van der Waals surface area (Å²) in [5.41, 5.74) is 3.52. The van der Waals surface area contributed by atoms with Crippen LogP contribution in [0.2, 0.25) is 0 Å². The first-order valence-corrected chi connectivity index (χ1v) is 17.0. The first kappa shape index (κ1) is 35.3. The predicted molar refractivity (Wildman–Crippen MR) is 186 cm³/mol. The Bertz CT molecular complexity index is 1230. The van der Waals surface area contributed by atoms with Gasteiger partial charge in [-0.2, -0.15) is 0 Å². The molecule has 0 bridgehead atoms. The molecule has 0 aromatic heterocycles. The van der Waals surface area contributed by atoms with Gasteiger partial charge >= 0.3 is 6.09 Å². The summed E-state index contributed by atoms with van der Waals surface area (Å²) < 4.78 is 17.0. The van der Waals surface area contributed by atoms with Crippen molar-refractivity contribution in [3.8, 4) is 11.5 Å². The first-order chi connectivity index (χ1) is 22.6. The highest BCUT2D eigenvalue weighted by atomic mass is 16.6. The Labute approximate surface area is 276 Å².